The van der Waals surface area contributed by atoms with Gasteiger partial charge >= 0.3 is 0 Å². The van der Waals surface area contributed by atoms with E-state index < -0.39 is 6.29 Å². The van der Waals surface area contributed by atoms with Crippen molar-refractivity contribution in [1.29, 1.82) is 0 Å². The minimum Gasteiger partial charge on any atom is -0.508 e. The lowest BCUT2D eigenvalue weighted by Gasteiger charge is -2.52. The van der Waals surface area contributed by atoms with Crippen molar-refractivity contribution in [3.63, 3.8) is 0 Å². The molecule has 0 saturated carbocycles. The Morgan fingerprint density at radius 1 is 0.879 bits per heavy atom. The van der Waals surface area contributed by atoms with Crippen LogP contribution in [0, 0.1) is 21.7 Å². The highest BCUT2D eigenvalue weighted by atomic mass is 16.7. The van der Waals surface area contributed by atoms with Crippen molar-refractivity contribution in [3.05, 3.63) is 29.8 Å². The highest BCUT2D eigenvalue weighted by molar-refractivity contribution is 5.26. The van der Waals surface area contributed by atoms with E-state index in [9.17, 15) is 10.2 Å². The molecule has 0 radical (unpaired) electrons. The molecule has 190 valence electrons. The molecule has 0 aromatic heterocycles. The zero-order valence-corrected chi connectivity index (χ0v) is 22.9. The molecule has 4 unspecified atom stereocenters. The van der Waals surface area contributed by atoms with Crippen LogP contribution in [0.25, 0.3) is 0 Å². The number of ether oxygens (including phenoxy) is 2. The number of rotatable bonds is 10. The summed E-state index contributed by atoms with van der Waals surface area (Å²) in [6.45, 7) is 22.8. The molecule has 1 fully saturated rings. The number of hydrogen-bond acceptors (Lipinski definition) is 4. The summed E-state index contributed by atoms with van der Waals surface area (Å²) in [5.41, 5.74) is 1.09. The number of aliphatic hydroxyl groups excluding tert-OH is 1. The Morgan fingerprint density at radius 2 is 1.42 bits per heavy atom. The van der Waals surface area contributed by atoms with Crippen LogP contribution in [0.1, 0.15) is 113 Å². The quantitative estimate of drug-likeness (QED) is 0.375. The minimum atomic E-state index is -0.411. The Balaban J connectivity index is 2.19. The summed E-state index contributed by atoms with van der Waals surface area (Å²) in [4.78, 5) is 0. The van der Waals surface area contributed by atoms with Crippen LogP contribution in [0.4, 0.5) is 0 Å². The minimum absolute atomic E-state index is 0.0466. The van der Waals surface area contributed by atoms with E-state index in [1.54, 1.807) is 12.1 Å². The third-order valence-corrected chi connectivity index (χ3v) is 9.26. The topological polar surface area (TPSA) is 58.9 Å². The molecule has 2 N–H and O–H groups in total. The molecule has 4 heteroatoms. The van der Waals surface area contributed by atoms with E-state index in [0.717, 1.165) is 37.7 Å². The van der Waals surface area contributed by atoms with Gasteiger partial charge in [0.1, 0.15) is 5.75 Å². The van der Waals surface area contributed by atoms with Crippen LogP contribution >= 0.6 is 0 Å². The molecule has 1 heterocycles. The van der Waals surface area contributed by atoms with Gasteiger partial charge in [-0.25, -0.2) is 0 Å². The fourth-order valence-electron chi connectivity index (χ4n) is 4.96. The first-order valence-electron chi connectivity index (χ1n) is 12.8. The van der Waals surface area contributed by atoms with Gasteiger partial charge < -0.3 is 19.7 Å². The van der Waals surface area contributed by atoms with E-state index in [1.165, 1.54) is 0 Å². The van der Waals surface area contributed by atoms with Crippen LogP contribution in [0.2, 0.25) is 0 Å². The second-order valence-electron chi connectivity index (χ2n) is 12.9. The predicted molar refractivity (Wildman–Crippen MR) is 136 cm³/mol. The number of aliphatic hydroxyl groups is 1. The average Bonchev–Trinajstić information content (AvgIpc) is 2.71. The first-order valence-corrected chi connectivity index (χ1v) is 12.8. The largest absolute Gasteiger partial charge is 0.508 e. The molecule has 4 nitrogen and oxygen atoms in total. The van der Waals surface area contributed by atoms with Gasteiger partial charge in [0.25, 0.3) is 0 Å². The smallest absolute Gasteiger partial charge is 0.184 e. The van der Waals surface area contributed by atoms with Crippen molar-refractivity contribution in [2.75, 3.05) is 0 Å². The SMILES string of the molecule is CCC1CC(C(C)(C)C(C)(C)CCC(C)(C)C(C)(C)CC(C)O)OC(c2ccc(O)cc2)O1. The molecule has 0 spiro atoms. The average molecular weight is 463 g/mol. The first kappa shape index (κ1) is 28.1. The van der Waals surface area contributed by atoms with E-state index in [-0.39, 0.29) is 45.7 Å². The van der Waals surface area contributed by atoms with Gasteiger partial charge in [0.15, 0.2) is 6.29 Å². The molecule has 1 aromatic rings. The first-order chi connectivity index (χ1) is 15.0. The Bertz CT molecular complexity index is 745. The maximum Gasteiger partial charge on any atom is 0.184 e. The predicted octanol–water partition coefficient (Wildman–Crippen LogP) is 7.63. The molecule has 1 aliphatic rings. The lowest BCUT2D eigenvalue weighted by molar-refractivity contribution is -0.280. The Morgan fingerprint density at radius 3 is 1.94 bits per heavy atom. The monoisotopic (exact) mass is 462 g/mol. The fraction of sp³-hybridized carbons (Fsp3) is 0.793. The summed E-state index contributed by atoms with van der Waals surface area (Å²) >= 11 is 0. The summed E-state index contributed by atoms with van der Waals surface area (Å²) in [5.74, 6) is 0.251. The number of phenolic OH excluding ortho intramolecular Hbond substituents is 1. The summed E-state index contributed by atoms with van der Waals surface area (Å²) in [5, 5.41) is 19.7. The molecule has 33 heavy (non-hydrogen) atoms. The van der Waals surface area contributed by atoms with Crippen molar-refractivity contribution in [2.45, 2.75) is 126 Å². The van der Waals surface area contributed by atoms with Gasteiger partial charge in [0, 0.05) is 12.0 Å². The lowest BCUT2D eigenvalue weighted by atomic mass is 9.57. The summed E-state index contributed by atoms with van der Waals surface area (Å²) < 4.78 is 12.9. The fourth-order valence-corrected chi connectivity index (χ4v) is 4.96. The van der Waals surface area contributed by atoms with Gasteiger partial charge in [-0.15, -0.1) is 0 Å². The number of hydrogen-bond donors (Lipinski definition) is 2. The number of benzene rings is 1. The molecule has 0 bridgehead atoms. The highest BCUT2D eigenvalue weighted by Crippen LogP contribution is 2.53. The van der Waals surface area contributed by atoms with Crippen molar-refractivity contribution in [1.82, 2.24) is 0 Å². The molecule has 1 saturated heterocycles. The van der Waals surface area contributed by atoms with Crippen LogP contribution in [-0.4, -0.2) is 28.5 Å². The van der Waals surface area contributed by atoms with Gasteiger partial charge in [-0.3, -0.25) is 0 Å². The maximum absolute atomic E-state index is 10.0. The van der Waals surface area contributed by atoms with E-state index in [4.69, 9.17) is 9.47 Å². The summed E-state index contributed by atoms with van der Waals surface area (Å²) in [7, 11) is 0. The Labute approximate surface area is 203 Å². The summed E-state index contributed by atoms with van der Waals surface area (Å²) in [6.07, 6.45) is 4.33. The Hall–Kier alpha value is -1.10. The molecular formula is C29H50O4. The highest BCUT2D eigenvalue weighted by Gasteiger charge is 2.48. The van der Waals surface area contributed by atoms with Gasteiger partial charge in [-0.2, -0.15) is 0 Å². The Kier molecular flexibility index (Phi) is 8.75. The second kappa shape index (κ2) is 10.3. The van der Waals surface area contributed by atoms with E-state index >= 15 is 0 Å². The summed E-state index contributed by atoms with van der Waals surface area (Å²) in [6, 6.07) is 7.16. The van der Waals surface area contributed by atoms with Crippen LogP contribution in [0.3, 0.4) is 0 Å². The van der Waals surface area contributed by atoms with Crippen molar-refractivity contribution < 1.29 is 19.7 Å². The lowest BCUT2D eigenvalue weighted by Crippen LogP contribution is -2.49. The third-order valence-electron chi connectivity index (χ3n) is 9.26. The number of aromatic hydroxyl groups is 1. The molecule has 0 amide bonds. The maximum atomic E-state index is 10.0. The second-order valence-corrected chi connectivity index (χ2v) is 12.9. The van der Waals surface area contributed by atoms with Crippen LogP contribution in [0.15, 0.2) is 24.3 Å². The van der Waals surface area contributed by atoms with Crippen molar-refractivity contribution >= 4 is 0 Å². The van der Waals surface area contributed by atoms with E-state index in [1.807, 2.05) is 19.1 Å². The molecule has 0 aliphatic carbocycles. The van der Waals surface area contributed by atoms with Gasteiger partial charge in [-0.05, 0) is 66.4 Å². The van der Waals surface area contributed by atoms with Gasteiger partial charge in [-0.1, -0.05) is 74.4 Å². The molecule has 2 rings (SSSR count). The van der Waals surface area contributed by atoms with Crippen molar-refractivity contribution in [2.24, 2.45) is 21.7 Å². The van der Waals surface area contributed by atoms with Gasteiger partial charge in [0.2, 0.25) is 0 Å². The molecule has 1 aliphatic heterocycles. The van der Waals surface area contributed by atoms with Gasteiger partial charge in [0.05, 0.1) is 18.3 Å². The van der Waals surface area contributed by atoms with E-state index in [0.29, 0.717) is 0 Å². The standard InChI is InChI=1S/C29H50O4/c1-11-23-18-24(33-25(32-23)21-12-14-22(31)15-13-21)29(9,10)27(5,6)17-16-26(3,4)28(7,8)19-20(2)30/h12-15,20,23-25,30-31H,11,16-19H2,1-10H3. The third kappa shape index (κ3) is 6.52. The molecule has 1 aromatic carbocycles. The number of phenols is 1. The molecular weight excluding hydrogens is 412 g/mol. The van der Waals surface area contributed by atoms with Crippen LogP contribution < -0.4 is 0 Å². The zero-order valence-electron chi connectivity index (χ0n) is 22.9. The van der Waals surface area contributed by atoms with E-state index in [2.05, 4.69) is 62.3 Å². The van der Waals surface area contributed by atoms with Crippen LogP contribution in [-0.2, 0) is 9.47 Å². The van der Waals surface area contributed by atoms with Crippen LogP contribution in [0.5, 0.6) is 5.75 Å². The normalized spacial score (nSPS) is 24.0. The molecule has 4 atom stereocenters. The van der Waals surface area contributed by atoms with Crippen molar-refractivity contribution in [3.8, 4) is 5.75 Å². The zero-order chi connectivity index (χ0) is 25.2.